The van der Waals surface area contributed by atoms with Crippen molar-refractivity contribution < 1.29 is 0 Å². The van der Waals surface area contributed by atoms with Crippen LogP contribution in [-0.4, -0.2) is 34.1 Å². The van der Waals surface area contributed by atoms with E-state index in [0.717, 1.165) is 56.6 Å². The Morgan fingerprint density at radius 1 is 1.10 bits per heavy atom. The second-order valence-electron chi connectivity index (χ2n) is 7.48. The van der Waals surface area contributed by atoms with Gasteiger partial charge in [-0.15, -0.1) is 22.7 Å². The van der Waals surface area contributed by atoms with Crippen molar-refractivity contribution in [1.29, 1.82) is 0 Å². The Balaban J connectivity index is 1.96. The molecule has 6 heteroatoms. The third kappa shape index (κ3) is 3.87. The maximum atomic E-state index is 13.8. The van der Waals surface area contributed by atoms with Crippen molar-refractivity contribution in [3.8, 4) is 21.8 Å². The summed E-state index contributed by atoms with van der Waals surface area (Å²) in [5.74, 6) is 0.766. The van der Waals surface area contributed by atoms with Gasteiger partial charge in [0.15, 0.2) is 0 Å². The van der Waals surface area contributed by atoms with Gasteiger partial charge in [-0.2, -0.15) is 0 Å². The minimum Gasteiger partial charge on any atom is -0.302 e. The molecule has 0 N–H and O–H groups in total. The molecular formula is C24H27N3OS2. The molecular weight excluding hydrogens is 410 g/mol. The summed E-state index contributed by atoms with van der Waals surface area (Å²) in [6.07, 6.45) is 0. The lowest BCUT2D eigenvalue weighted by Gasteiger charge is -2.20. The molecule has 3 aromatic heterocycles. The number of aryl methyl sites for hydroxylation is 2. The van der Waals surface area contributed by atoms with E-state index in [4.69, 9.17) is 4.98 Å². The fourth-order valence-electron chi connectivity index (χ4n) is 3.91. The number of fused-ring (bicyclic) bond motifs is 1. The summed E-state index contributed by atoms with van der Waals surface area (Å²) in [6, 6.07) is 12.4. The maximum Gasteiger partial charge on any atom is 0.263 e. The molecule has 0 aliphatic heterocycles. The summed E-state index contributed by atoms with van der Waals surface area (Å²) in [4.78, 5) is 24.3. The van der Waals surface area contributed by atoms with E-state index >= 15 is 0 Å². The van der Waals surface area contributed by atoms with Crippen LogP contribution in [0.4, 0.5) is 0 Å². The minimum atomic E-state index is 0.0661. The number of hydrogen-bond donors (Lipinski definition) is 0. The summed E-state index contributed by atoms with van der Waals surface area (Å²) in [7, 11) is 0. The zero-order valence-corrected chi connectivity index (χ0v) is 19.6. The van der Waals surface area contributed by atoms with E-state index < -0.39 is 0 Å². The summed E-state index contributed by atoms with van der Waals surface area (Å²) in [5, 5.41) is 2.82. The van der Waals surface area contributed by atoms with E-state index in [1.807, 2.05) is 16.7 Å². The molecule has 3 heterocycles. The van der Waals surface area contributed by atoms with E-state index in [2.05, 4.69) is 62.2 Å². The Kier molecular flexibility index (Phi) is 6.18. The van der Waals surface area contributed by atoms with Crippen LogP contribution in [0.25, 0.3) is 32.0 Å². The van der Waals surface area contributed by atoms with Crippen LogP contribution in [0.5, 0.6) is 0 Å². The average Bonchev–Trinajstić information content (AvgIpc) is 3.37. The molecule has 0 saturated carbocycles. The van der Waals surface area contributed by atoms with Crippen LogP contribution >= 0.6 is 22.7 Å². The molecule has 0 bridgehead atoms. The minimum absolute atomic E-state index is 0.0661. The lowest BCUT2D eigenvalue weighted by atomic mass is 10.1. The first-order chi connectivity index (χ1) is 14.5. The summed E-state index contributed by atoms with van der Waals surface area (Å²) < 4.78 is 1.89. The van der Waals surface area contributed by atoms with Crippen LogP contribution in [0.15, 0.2) is 46.6 Å². The van der Waals surface area contributed by atoms with Gasteiger partial charge < -0.3 is 4.90 Å². The monoisotopic (exact) mass is 437 g/mol. The van der Waals surface area contributed by atoms with Crippen LogP contribution in [0.3, 0.4) is 0 Å². The molecule has 0 unspecified atom stereocenters. The largest absolute Gasteiger partial charge is 0.302 e. The lowest BCUT2D eigenvalue weighted by Crippen LogP contribution is -2.32. The van der Waals surface area contributed by atoms with Gasteiger partial charge in [-0.1, -0.05) is 43.7 Å². The first kappa shape index (κ1) is 21.0. The number of aromatic nitrogens is 2. The first-order valence-corrected chi connectivity index (χ1v) is 12.1. The topological polar surface area (TPSA) is 38.1 Å². The first-order valence-electron chi connectivity index (χ1n) is 10.4. The Bertz CT molecular complexity index is 1220. The van der Waals surface area contributed by atoms with Gasteiger partial charge in [0.25, 0.3) is 5.56 Å². The Morgan fingerprint density at radius 2 is 1.90 bits per heavy atom. The van der Waals surface area contributed by atoms with Gasteiger partial charge in [-0.25, -0.2) is 4.98 Å². The predicted octanol–water partition coefficient (Wildman–Crippen LogP) is 5.81. The molecule has 0 amide bonds. The molecule has 30 heavy (non-hydrogen) atoms. The van der Waals surface area contributed by atoms with E-state index in [1.54, 1.807) is 22.7 Å². The summed E-state index contributed by atoms with van der Waals surface area (Å²) in [6.45, 7) is 11.9. The number of rotatable bonds is 7. The van der Waals surface area contributed by atoms with Crippen LogP contribution < -0.4 is 5.56 Å². The van der Waals surface area contributed by atoms with Gasteiger partial charge in [0, 0.05) is 34.0 Å². The zero-order valence-electron chi connectivity index (χ0n) is 17.9. The standard InChI is InChI=1S/C24H27N3OS2/c1-5-26(6-2)12-13-27-22(18-10-7-9-16(3)15-18)25-23-21(24(27)28)20(17(4)30-23)19-11-8-14-29-19/h7-11,14-15H,5-6,12-13H2,1-4H3. The Hall–Kier alpha value is -2.28. The summed E-state index contributed by atoms with van der Waals surface area (Å²) in [5.41, 5.74) is 3.28. The van der Waals surface area contributed by atoms with Crippen LogP contribution in [0.2, 0.25) is 0 Å². The smallest absolute Gasteiger partial charge is 0.263 e. The normalized spacial score (nSPS) is 11.6. The molecule has 0 saturated heterocycles. The molecule has 156 valence electrons. The van der Waals surface area contributed by atoms with Gasteiger partial charge in [0.1, 0.15) is 10.7 Å². The second-order valence-corrected chi connectivity index (χ2v) is 9.63. The highest BCUT2D eigenvalue weighted by Gasteiger charge is 2.21. The second kappa shape index (κ2) is 8.84. The van der Waals surface area contributed by atoms with Crippen LogP contribution in [0.1, 0.15) is 24.3 Å². The van der Waals surface area contributed by atoms with Crippen molar-refractivity contribution in [3.05, 3.63) is 62.6 Å². The van der Waals surface area contributed by atoms with Crippen molar-refractivity contribution in [2.24, 2.45) is 0 Å². The highest BCUT2D eigenvalue weighted by Crippen LogP contribution is 2.38. The highest BCUT2D eigenvalue weighted by atomic mass is 32.1. The van der Waals surface area contributed by atoms with Crippen LogP contribution in [0, 0.1) is 13.8 Å². The highest BCUT2D eigenvalue weighted by molar-refractivity contribution is 7.20. The number of nitrogens with zero attached hydrogens (tertiary/aromatic N) is 3. The number of likely N-dealkylation sites (N-methyl/N-ethyl adjacent to an activating group) is 1. The fourth-order valence-corrected chi connectivity index (χ4v) is 5.83. The molecule has 1 aromatic carbocycles. The van der Waals surface area contributed by atoms with Crippen molar-refractivity contribution in [2.45, 2.75) is 34.2 Å². The van der Waals surface area contributed by atoms with E-state index in [-0.39, 0.29) is 5.56 Å². The van der Waals surface area contributed by atoms with Crippen molar-refractivity contribution >= 4 is 32.9 Å². The third-order valence-corrected chi connectivity index (χ3v) is 7.45. The molecule has 0 aliphatic rings. The molecule has 0 atom stereocenters. The Morgan fingerprint density at radius 3 is 2.57 bits per heavy atom. The number of hydrogen-bond acceptors (Lipinski definition) is 5. The van der Waals surface area contributed by atoms with Gasteiger partial charge in [0.05, 0.1) is 5.39 Å². The Labute approximate surface area is 185 Å². The van der Waals surface area contributed by atoms with Crippen molar-refractivity contribution in [2.75, 3.05) is 19.6 Å². The molecule has 0 aliphatic carbocycles. The SMILES string of the molecule is CCN(CC)CCn1c(-c2cccc(C)c2)nc2sc(C)c(-c3cccs3)c2c1=O. The predicted molar refractivity (Wildman–Crippen MR) is 130 cm³/mol. The van der Waals surface area contributed by atoms with E-state index in [9.17, 15) is 4.79 Å². The average molecular weight is 438 g/mol. The zero-order chi connectivity index (χ0) is 21.3. The third-order valence-electron chi connectivity index (χ3n) is 5.57. The van der Waals surface area contributed by atoms with Gasteiger partial charge in [-0.3, -0.25) is 9.36 Å². The number of benzene rings is 1. The fraction of sp³-hybridized carbons (Fsp3) is 0.333. The van der Waals surface area contributed by atoms with Crippen molar-refractivity contribution in [3.63, 3.8) is 0 Å². The molecule has 4 nitrogen and oxygen atoms in total. The molecule has 0 fully saturated rings. The quantitative estimate of drug-likeness (QED) is 0.366. The number of thiophene rings is 2. The summed E-state index contributed by atoms with van der Waals surface area (Å²) >= 11 is 3.29. The van der Waals surface area contributed by atoms with E-state index in [1.165, 1.54) is 5.56 Å². The van der Waals surface area contributed by atoms with Gasteiger partial charge >= 0.3 is 0 Å². The van der Waals surface area contributed by atoms with Gasteiger partial charge in [-0.05, 0) is 44.4 Å². The molecule has 0 radical (unpaired) electrons. The van der Waals surface area contributed by atoms with Gasteiger partial charge in [0.2, 0.25) is 0 Å². The van der Waals surface area contributed by atoms with Crippen molar-refractivity contribution in [1.82, 2.24) is 14.5 Å². The maximum absolute atomic E-state index is 13.8. The van der Waals surface area contributed by atoms with Crippen LogP contribution in [-0.2, 0) is 6.54 Å². The lowest BCUT2D eigenvalue weighted by molar-refractivity contribution is 0.289. The molecule has 0 spiro atoms. The molecule has 4 aromatic rings. The van der Waals surface area contributed by atoms with E-state index in [0.29, 0.717) is 6.54 Å². The molecule has 4 rings (SSSR count).